The molecule has 2 heterocycles. The molecule has 4 nitrogen and oxygen atoms in total. The number of aromatic nitrogens is 2. The molecule has 0 radical (unpaired) electrons. The first-order valence-electron chi connectivity index (χ1n) is 7.54. The molecule has 0 aliphatic heterocycles. The molecule has 4 heteroatoms. The zero-order valence-corrected chi connectivity index (χ0v) is 12.8. The molecular weight excluding hydrogens is 260 g/mol. The fourth-order valence-electron chi connectivity index (χ4n) is 2.64. The number of rotatable bonds is 7. The fourth-order valence-corrected chi connectivity index (χ4v) is 2.64. The Morgan fingerprint density at radius 3 is 2.10 bits per heavy atom. The van der Waals surface area contributed by atoms with E-state index in [9.17, 15) is 0 Å². The minimum atomic E-state index is 0.106. The van der Waals surface area contributed by atoms with E-state index in [4.69, 9.17) is 5.73 Å². The molecule has 0 aliphatic carbocycles. The molecule has 2 atom stereocenters. The van der Waals surface area contributed by atoms with Gasteiger partial charge in [-0.2, -0.15) is 0 Å². The van der Waals surface area contributed by atoms with Crippen LogP contribution >= 0.6 is 0 Å². The molecule has 2 N–H and O–H groups in total. The van der Waals surface area contributed by atoms with Crippen molar-refractivity contribution < 1.29 is 0 Å². The van der Waals surface area contributed by atoms with Crippen LogP contribution in [0.25, 0.3) is 0 Å². The van der Waals surface area contributed by atoms with Crippen molar-refractivity contribution in [2.45, 2.75) is 38.9 Å². The van der Waals surface area contributed by atoms with Crippen molar-refractivity contribution in [2.75, 3.05) is 6.54 Å². The minimum Gasteiger partial charge on any atom is -0.326 e. The number of hydrogen-bond acceptors (Lipinski definition) is 4. The Balaban J connectivity index is 2.25. The Kier molecular flexibility index (Phi) is 5.84. The summed E-state index contributed by atoms with van der Waals surface area (Å²) in [6.07, 6.45) is 8.30. The van der Waals surface area contributed by atoms with Crippen molar-refractivity contribution >= 4 is 0 Å². The van der Waals surface area contributed by atoms with Gasteiger partial charge in [-0.25, -0.2) is 0 Å². The molecule has 0 saturated heterocycles. The third kappa shape index (κ3) is 4.09. The van der Waals surface area contributed by atoms with Crippen molar-refractivity contribution in [2.24, 2.45) is 5.73 Å². The summed E-state index contributed by atoms with van der Waals surface area (Å²) in [4.78, 5) is 10.6. The minimum absolute atomic E-state index is 0.106. The summed E-state index contributed by atoms with van der Waals surface area (Å²) in [7, 11) is 0. The lowest BCUT2D eigenvalue weighted by molar-refractivity contribution is 0.169. The largest absolute Gasteiger partial charge is 0.326 e. The van der Waals surface area contributed by atoms with Crippen molar-refractivity contribution in [3.8, 4) is 0 Å². The van der Waals surface area contributed by atoms with Crippen molar-refractivity contribution in [3.05, 3.63) is 60.2 Å². The van der Waals surface area contributed by atoms with Gasteiger partial charge in [-0.1, -0.05) is 13.8 Å². The van der Waals surface area contributed by atoms with E-state index in [-0.39, 0.29) is 12.1 Å². The van der Waals surface area contributed by atoms with Gasteiger partial charge in [-0.3, -0.25) is 14.9 Å². The fraction of sp³-hybridized carbons (Fsp3) is 0.412. The first kappa shape index (κ1) is 15.6. The van der Waals surface area contributed by atoms with Gasteiger partial charge in [0.15, 0.2) is 0 Å². The van der Waals surface area contributed by atoms with E-state index in [1.807, 2.05) is 24.8 Å². The van der Waals surface area contributed by atoms with Crippen LogP contribution in [0.5, 0.6) is 0 Å². The maximum absolute atomic E-state index is 6.40. The van der Waals surface area contributed by atoms with Gasteiger partial charge < -0.3 is 5.73 Å². The highest BCUT2D eigenvalue weighted by Gasteiger charge is 2.24. The molecule has 0 aromatic carbocycles. The normalized spacial score (nSPS) is 14.1. The van der Waals surface area contributed by atoms with E-state index < -0.39 is 0 Å². The summed E-state index contributed by atoms with van der Waals surface area (Å²) in [6, 6.07) is 8.56. The van der Waals surface area contributed by atoms with Crippen LogP contribution in [-0.2, 0) is 6.54 Å². The molecule has 0 saturated carbocycles. The molecule has 0 fully saturated rings. The number of pyridine rings is 2. The van der Waals surface area contributed by atoms with E-state index >= 15 is 0 Å². The average Bonchev–Trinajstić information content (AvgIpc) is 2.56. The highest BCUT2D eigenvalue weighted by molar-refractivity contribution is 5.18. The second-order valence-electron chi connectivity index (χ2n) is 5.22. The quantitative estimate of drug-likeness (QED) is 0.849. The van der Waals surface area contributed by atoms with Crippen LogP contribution in [-0.4, -0.2) is 27.5 Å². The van der Waals surface area contributed by atoms with Crippen molar-refractivity contribution in [1.82, 2.24) is 14.9 Å². The van der Waals surface area contributed by atoms with E-state index in [2.05, 4.69) is 53.0 Å². The van der Waals surface area contributed by atoms with E-state index in [0.717, 1.165) is 19.5 Å². The predicted octanol–water partition coefficient (Wildman–Crippen LogP) is 2.78. The second-order valence-corrected chi connectivity index (χ2v) is 5.22. The Bertz CT molecular complexity index is 515. The average molecular weight is 284 g/mol. The molecule has 21 heavy (non-hydrogen) atoms. The van der Waals surface area contributed by atoms with Crippen LogP contribution in [0.15, 0.2) is 49.1 Å². The zero-order valence-electron chi connectivity index (χ0n) is 12.8. The Morgan fingerprint density at radius 1 is 1.00 bits per heavy atom. The number of hydrogen-bond donors (Lipinski definition) is 1. The van der Waals surface area contributed by atoms with Gasteiger partial charge in [0, 0.05) is 37.4 Å². The van der Waals surface area contributed by atoms with Gasteiger partial charge in [0.25, 0.3) is 0 Å². The molecule has 2 aromatic heterocycles. The SMILES string of the molecule is CCC(N)C(c1ccncc1)N(CC)Cc1ccncc1. The van der Waals surface area contributed by atoms with Gasteiger partial charge in [-0.05, 0) is 48.4 Å². The predicted molar refractivity (Wildman–Crippen MR) is 85.6 cm³/mol. The molecule has 2 aromatic rings. The van der Waals surface area contributed by atoms with E-state index in [1.54, 1.807) is 0 Å². The van der Waals surface area contributed by atoms with Crippen molar-refractivity contribution in [3.63, 3.8) is 0 Å². The lowest BCUT2D eigenvalue weighted by Gasteiger charge is -2.35. The summed E-state index contributed by atoms with van der Waals surface area (Å²) in [5, 5.41) is 0. The van der Waals surface area contributed by atoms with Crippen molar-refractivity contribution in [1.29, 1.82) is 0 Å². The highest BCUT2D eigenvalue weighted by atomic mass is 15.2. The zero-order chi connectivity index (χ0) is 15.1. The van der Waals surface area contributed by atoms with E-state index in [0.29, 0.717) is 0 Å². The summed E-state index contributed by atoms with van der Waals surface area (Å²) < 4.78 is 0. The summed E-state index contributed by atoms with van der Waals surface area (Å²) in [5.74, 6) is 0. The Morgan fingerprint density at radius 2 is 1.57 bits per heavy atom. The molecule has 2 unspecified atom stereocenters. The molecule has 2 rings (SSSR count). The van der Waals surface area contributed by atoms with Crippen LogP contribution in [0.3, 0.4) is 0 Å². The third-order valence-electron chi connectivity index (χ3n) is 3.86. The number of nitrogens with two attached hydrogens (primary N) is 1. The third-order valence-corrected chi connectivity index (χ3v) is 3.86. The van der Waals surface area contributed by atoms with Gasteiger partial charge in [-0.15, -0.1) is 0 Å². The first-order chi connectivity index (χ1) is 10.3. The lowest BCUT2D eigenvalue weighted by Crippen LogP contribution is -2.40. The molecule has 0 spiro atoms. The van der Waals surface area contributed by atoms with Gasteiger partial charge in [0.1, 0.15) is 0 Å². The summed E-state index contributed by atoms with van der Waals surface area (Å²) >= 11 is 0. The van der Waals surface area contributed by atoms with Gasteiger partial charge >= 0.3 is 0 Å². The van der Waals surface area contributed by atoms with Crippen LogP contribution in [0.2, 0.25) is 0 Å². The molecule has 112 valence electrons. The maximum Gasteiger partial charge on any atom is 0.0503 e. The second kappa shape index (κ2) is 7.86. The van der Waals surface area contributed by atoms with Crippen LogP contribution in [0.4, 0.5) is 0 Å². The number of likely N-dealkylation sites (N-methyl/N-ethyl adjacent to an activating group) is 1. The Labute approximate surface area is 127 Å². The molecule has 0 amide bonds. The smallest absolute Gasteiger partial charge is 0.0503 e. The number of nitrogens with zero attached hydrogens (tertiary/aromatic N) is 3. The maximum atomic E-state index is 6.40. The molecule has 0 aliphatic rings. The van der Waals surface area contributed by atoms with Gasteiger partial charge in [0.05, 0.1) is 6.04 Å². The van der Waals surface area contributed by atoms with Crippen LogP contribution in [0.1, 0.15) is 37.4 Å². The van der Waals surface area contributed by atoms with Gasteiger partial charge in [0.2, 0.25) is 0 Å². The Hall–Kier alpha value is -1.78. The summed E-state index contributed by atoms with van der Waals surface area (Å²) in [6.45, 7) is 6.14. The highest BCUT2D eigenvalue weighted by Crippen LogP contribution is 2.26. The monoisotopic (exact) mass is 284 g/mol. The molecular formula is C17H24N4. The molecule has 0 bridgehead atoms. The standard InChI is InChI=1S/C17H24N4/c1-3-16(18)17(15-7-11-20-12-8-15)21(4-2)13-14-5-9-19-10-6-14/h5-12,16-17H,3-4,13,18H2,1-2H3. The summed E-state index contributed by atoms with van der Waals surface area (Å²) in [5.41, 5.74) is 8.90. The lowest BCUT2D eigenvalue weighted by atomic mass is 9.96. The first-order valence-corrected chi connectivity index (χ1v) is 7.54. The van der Waals surface area contributed by atoms with Crippen LogP contribution < -0.4 is 5.73 Å². The van der Waals surface area contributed by atoms with E-state index in [1.165, 1.54) is 11.1 Å². The topological polar surface area (TPSA) is 55.0 Å². The van der Waals surface area contributed by atoms with Crippen LogP contribution in [0, 0.1) is 0 Å².